The number of nitrogens with zero attached hydrogens (tertiary/aromatic N) is 2. The third kappa shape index (κ3) is 4.40. The highest BCUT2D eigenvalue weighted by Crippen LogP contribution is 2.25. The van der Waals surface area contributed by atoms with E-state index in [-0.39, 0.29) is 9.79 Å². The highest BCUT2D eigenvalue weighted by molar-refractivity contribution is 7.89. The van der Waals surface area contributed by atoms with Gasteiger partial charge in [-0.15, -0.1) is 0 Å². The third-order valence-corrected chi connectivity index (χ3v) is 8.15. The minimum Gasteiger partial charge on any atom is -0.302 e. The van der Waals surface area contributed by atoms with E-state index in [1.807, 2.05) is 7.05 Å². The van der Waals surface area contributed by atoms with Crippen LogP contribution in [0.1, 0.15) is 25.7 Å². The maximum absolute atomic E-state index is 12.5. The predicted molar refractivity (Wildman–Crippen MR) is 95.3 cm³/mol. The molecule has 2 fully saturated rings. The second-order valence-corrected chi connectivity index (χ2v) is 10.4. The van der Waals surface area contributed by atoms with Gasteiger partial charge in [-0.25, -0.2) is 21.6 Å². The molecule has 1 aromatic rings. The monoisotopic (exact) mass is 387 g/mol. The molecule has 0 atom stereocenters. The normalized spacial score (nSPS) is 19.6. The van der Waals surface area contributed by atoms with Crippen LogP contribution >= 0.6 is 0 Å². The van der Waals surface area contributed by atoms with E-state index in [0.717, 1.165) is 12.8 Å². The number of rotatable bonds is 8. The maximum atomic E-state index is 12.5. The zero-order chi connectivity index (χ0) is 18.1. The zero-order valence-corrected chi connectivity index (χ0v) is 16.0. The Morgan fingerprint density at radius 2 is 1.60 bits per heavy atom. The van der Waals surface area contributed by atoms with Crippen molar-refractivity contribution in [2.75, 3.05) is 33.2 Å². The molecule has 0 spiro atoms. The van der Waals surface area contributed by atoms with Crippen LogP contribution in [0.2, 0.25) is 0 Å². The van der Waals surface area contributed by atoms with Gasteiger partial charge in [0.1, 0.15) is 0 Å². The fraction of sp³-hybridized carbons (Fsp3) is 0.625. The van der Waals surface area contributed by atoms with Gasteiger partial charge in [0.05, 0.1) is 9.79 Å². The van der Waals surface area contributed by atoms with Gasteiger partial charge in [0.25, 0.3) is 0 Å². The molecule has 25 heavy (non-hydrogen) atoms. The minimum absolute atomic E-state index is 0.0851. The number of hydrogen-bond donors (Lipinski definition) is 1. The van der Waals surface area contributed by atoms with E-state index in [9.17, 15) is 16.8 Å². The van der Waals surface area contributed by atoms with E-state index in [2.05, 4.69) is 9.62 Å². The molecule has 3 rings (SSSR count). The van der Waals surface area contributed by atoms with Crippen molar-refractivity contribution in [1.29, 1.82) is 0 Å². The van der Waals surface area contributed by atoms with Crippen molar-refractivity contribution in [2.45, 2.75) is 41.5 Å². The van der Waals surface area contributed by atoms with Gasteiger partial charge in [0, 0.05) is 32.2 Å². The Morgan fingerprint density at radius 3 is 2.16 bits per heavy atom. The molecule has 7 nitrogen and oxygen atoms in total. The molecule has 1 N–H and O–H groups in total. The maximum Gasteiger partial charge on any atom is 0.243 e. The smallest absolute Gasteiger partial charge is 0.243 e. The van der Waals surface area contributed by atoms with Gasteiger partial charge in [-0.2, -0.15) is 4.31 Å². The summed E-state index contributed by atoms with van der Waals surface area (Å²) in [5.41, 5.74) is 0. The Balaban J connectivity index is 1.64. The molecule has 0 radical (unpaired) electrons. The molecule has 0 aromatic heterocycles. The van der Waals surface area contributed by atoms with Crippen molar-refractivity contribution >= 4 is 20.0 Å². The summed E-state index contributed by atoms with van der Waals surface area (Å²) < 4.78 is 53.6. The molecular weight excluding hydrogens is 362 g/mol. The van der Waals surface area contributed by atoms with Crippen LogP contribution in [-0.2, 0) is 20.0 Å². The quantitative estimate of drug-likeness (QED) is 0.714. The van der Waals surface area contributed by atoms with Crippen LogP contribution in [0.25, 0.3) is 0 Å². The van der Waals surface area contributed by atoms with Crippen LogP contribution in [0.5, 0.6) is 0 Å². The van der Waals surface area contributed by atoms with Crippen molar-refractivity contribution in [2.24, 2.45) is 0 Å². The van der Waals surface area contributed by atoms with E-state index in [0.29, 0.717) is 32.2 Å². The number of nitrogens with one attached hydrogen (secondary N) is 1. The average Bonchev–Trinajstić information content (AvgIpc) is 3.28. The second kappa shape index (κ2) is 7.32. The molecule has 9 heteroatoms. The minimum atomic E-state index is -3.63. The van der Waals surface area contributed by atoms with Crippen molar-refractivity contribution < 1.29 is 16.8 Å². The molecule has 2 aliphatic rings. The largest absolute Gasteiger partial charge is 0.302 e. The molecule has 1 saturated carbocycles. The molecule has 1 saturated heterocycles. The number of hydrogen-bond acceptors (Lipinski definition) is 5. The summed E-state index contributed by atoms with van der Waals surface area (Å²) in [6.45, 7) is 2.05. The van der Waals surface area contributed by atoms with Gasteiger partial charge in [-0.3, -0.25) is 0 Å². The Labute approximate surface area is 150 Å². The highest BCUT2D eigenvalue weighted by atomic mass is 32.2. The van der Waals surface area contributed by atoms with Gasteiger partial charge in [-0.1, -0.05) is 0 Å². The Kier molecular flexibility index (Phi) is 5.50. The van der Waals surface area contributed by atoms with Gasteiger partial charge in [0.15, 0.2) is 0 Å². The average molecular weight is 388 g/mol. The summed E-state index contributed by atoms with van der Waals surface area (Å²) in [4.78, 5) is 2.37. The van der Waals surface area contributed by atoms with E-state index < -0.39 is 20.0 Å². The summed E-state index contributed by atoms with van der Waals surface area (Å²) in [6.07, 6.45) is 4.09. The van der Waals surface area contributed by atoms with Crippen LogP contribution in [0.4, 0.5) is 0 Å². The lowest BCUT2D eigenvalue weighted by atomic mass is 10.4. The second-order valence-electron chi connectivity index (χ2n) is 6.69. The van der Waals surface area contributed by atoms with E-state index in [1.165, 1.54) is 41.4 Å². The highest BCUT2D eigenvalue weighted by Gasteiger charge is 2.28. The fourth-order valence-corrected chi connectivity index (χ4v) is 5.54. The lowest BCUT2D eigenvalue weighted by Crippen LogP contribution is -2.34. The summed E-state index contributed by atoms with van der Waals surface area (Å²) in [6, 6.07) is 6.04. The molecule has 1 aromatic carbocycles. The molecule has 1 heterocycles. The van der Waals surface area contributed by atoms with Gasteiger partial charge >= 0.3 is 0 Å². The van der Waals surface area contributed by atoms with Crippen molar-refractivity contribution in [3.8, 4) is 0 Å². The standard InChI is InChI=1S/C16H25N3O4S2/c1-18(14-4-5-14)13-10-17-24(20,21)15-6-8-16(9-7-15)25(22,23)19-11-2-3-12-19/h6-9,14,17H,2-5,10-13H2,1H3. The van der Waals surface area contributed by atoms with Gasteiger partial charge < -0.3 is 4.90 Å². The number of likely N-dealkylation sites (N-methyl/N-ethyl adjacent to an activating group) is 1. The molecule has 0 unspecified atom stereocenters. The topological polar surface area (TPSA) is 86.8 Å². The summed E-state index contributed by atoms with van der Waals surface area (Å²) in [7, 11) is -5.16. The predicted octanol–water partition coefficient (Wildman–Crippen LogP) is 0.844. The first kappa shape index (κ1) is 18.8. The van der Waals surface area contributed by atoms with Crippen LogP contribution in [0.3, 0.4) is 0 Å². The first-order chi connectivity index (χ1) is 11.8. The van der Waals surface area contributed by atoms with Crippen LogP contribution in [0, 0.1) is 0 Å². The number of benzene rings is 1. The van der Waals surface area contributed by atoms with Crippen molar-refractivity contribution in [3.63, 3.8) is 0 Å². The molecule has 140 valence electrons. The SMILES string of the molecule is CN(CCNS(=O)(=O)c1ccc(S(=O)(=O)N2CCCC2)cc1)C1CC1. The van der Waals surface area contributed by atoms with Crippen LogP contribution < -0.4 is 4.72 Å². The molecule has 1 aliphatic heterocycles. The van der Waals surface area contributed by atoms with Crippen LogP contribution in [0.15, 0.2) is 34.1 Å². The lowest BCUT2D eigenvalue weighted by molar-refractivity contribution is 0.329. The summed E-state index contributed by atoms with van der Waals surface area (Å²) >= 11 is 0. The van der Waals surface area contributed by atoms with Crippen molar-refractivity contribution in [1.82, 2.24) is 13.9 Å². The Morgan fingerprint density at radius 1 is 1.04 bits per heavy atom. The zero-order valence-electron chi connectivity index (χ0n) is 14.4. The van der Waals surface area contributed by atoms with Crippen LogP contribution in [-0.4, -0.2) is 65.3 Å². The molecular formula is C16H25N3O4S2. The molecule has 0 amide bonds. The first-order valence-corrected chi connectivity index (χ1v) is 11.5. The lowest BCUT2D eigenvalue weighted by Gasteiger charge is -2.17. The third-order valence-electron chi connectivity index (χ3n) is 4.76. The van der Waals surface area contributed by atoms with E-state index in [4.69, 9.17) is 0 Å². The number of sulfonamides is 2. The fourth-order valence-electron chi connectivity index (χ4n) is 3.01. The van der Waals surface area contributed by atoms with E-state index >= 15 is 0 Å². The Hall–Kier alpha value is -1.00. The van der Waals surface area contributed by atoms with E-state index in [1.54, 1.807) is 0 Å². The van der Waals surface area contributed by atoms with Gasteiger partial charge in [0.2, 0.25) is 20.0 Å². The summed E-state index contributed by atoms with van der Waals surface area (Å²) in [5, 5.41) is 0. The first-order valence-electron chi connectivity index (χ1n) is 8.61. The molecule has 1 aliphatic carbocycles. The molecule has 0 bridgehead atoms. The summed E-state index contributed by atoms with van der Waals surface area (Å²) in [5.74, 6) is 0. The van der Waals surface area contributed by atoms with Gasteiger partial charge in [-0.05, 0) is 57.0 Å². The Bertz CT molecular complexity index is 796. The van der Waals surface area contributed by atoms with Crippen molar-refractivity contribution in [3.05, 3.63) is 24.3 Å².